The molecule has 0 atom stereocenters. The largest absolute Gasteiger partial charge is 0.390 e. The van der Waals surface area contributed by atoms with E-state index >= 15 is 0 Å². The molecule has 1 N–H and O–H groups in total. The highest BCUT2D eigenvalue weighted by atomic mass is 19.1. The third-order valence-corrected chi connectivity index (χ3v) is 5.33. The lowest BCUT2D eigenvalue weighted by Gasteiger charge is -2.15. The third-order valence-electron chi connectivity index (χ3n) is 5.33. The van der Waals surface area contributed by atoms with Crippen LogP contribution in [0.3, 0.4) is 0 Å². The highest BCUT2D eigenvalue weighted by Crippen LogP contribution is 2.26. The van der Waals surface area contributed by atoms with Crippen LogP contribution >= 0.6 is 0 Å². The lowest BCUT2D eigenvalue weighted by molar-refractivity contribution is 0.0633. The van der Waals surface area contributed by atoms with Crippen LogP contribution in [0, 0.1) is 5.82 Å². The minimum atomic E-state index is -0.916. The van der Waals surface area contributed by atoms with Crippen molar-refractivity contribution in [3.63, 3.8) is 0 Å². The second-order valence-electron chi connectivity index (χ2n) is 8.49. The first-order valence-electron chi connectivity index (χ1n) is 10.2. The fraction of sp³-hybridized carbons (Fsp3) is 0.292. The van der Waals surface area contributed by atoms with Crippen molar-refractivity contribution in [1.82, 2.24) is 19.3 Å². The van der Waals surface area contributed by atoms with Crippen molar-refractivity contribution in [2.45, 2.75) is 38.8 Å². The van der Waals surface area contributed by atoms with Gasteiger partial charge in [-0.05, 0) is 44.0 Å². The van der Waals surface area contributed by atoms with Gasteiger partial charge in [0.15, 0.2) is 5.78 Å². The quantitative estimate of drug-likeness (QED) is 0.451. The number of halogens is 1. The zero-order valence-electron chi connectivity index (χ0n) is 17.8. The molecule has 1 aromatic carbocycles. The van der Waals surface area contributed by atoms with E-state index in [0.29, 0.717) is 23.1 Å². The lowest BCUT2D eigenvalue weighted by atomic mass is 9.99. The highest BCUT2D eigenvalue weighted by Gasteiger charge is 2.20. The van der Waals surface area contributed by atoms with Gasteiger partial charge >= 0.3 is 0 Å². The minimum absolute atomic E-state index is 0.0861. The molecule has 31 heavy (non-hydrogen) atoms. The molecule has 0 amide bonds. The first kappa shape index (κ1) is 20.9. The number of hydrogen-bond donors (Lipinski definition) is 1. The Morgan fingerprint density at radius 2 is 2.00 bits per heavy atom. The van der Waals surface area contributed by atoms with Crippen LogP contribution in [0.25, 0.3) is 22.2 Å². The molecule has 0 unspecified atom stereocenters. The number of aromatic nitrogens is 4. The summed E-state index contributed by atoms with van der Waals surface area (Å²) >= 11 is 0. The van der Waals surface area contributed by atoms with Gasteiger partial charge in [0.1, 0.15) is 5.82 Å². The van der Waals surface area contributed by atoms with Gasteiger partial charge in [0.2, 0.25) is 0 Å². The topological polar surface area (TPSA) is 72.9 Å². The normalized spacial score (nSPS) is 11.9. The number of ketones is 1. The minimum Gasteiger partial charge on any atom is -0.390 e. The standard InChI is InChI=1S/C24H25FN4O2/c1-24(2,31)9-8-22(30)19-15-29(21-5-4-10-26-23(19)21)14-17-7-6-16(11-20(17)25)18-12-27-28(3)13-18/h4-7,10-13,15,31H,8-9,14H2,1-3H3. The molecular formula is C24H25FN4O2. The molecule has 0 spiro atoms. The molecule has 0 radical (unpaired) electrons. The Labute approximate surface area is 180 Å². The number of carbonyl (C=O) groups is 1. The number of Topliss-reactive ketones (excluding diaryl/α,β-unsaturated/α-hetero) is 1. The number of carbonyl (C=O) groups excluding carboxylic acids is 1. The van der Waals surface area contributed by atoms with E-state index in [-0.39, 0.29) is 24.6 Å². The summed E-state index contributed by atoms with van der Waals surface area (Å²) in [7, 11) is 1.82. The van der Waals surface area contributed by atoms with Crippen LogP contribution in [0.5, 0.6) is 0 Å². The monoisotopic (exact) mass is 420 g/mol. The van der Waals surface area contributed by atoms with E-state index in [1.54, 1.807) is 49.3 Å². The van der Waals surface area contributed by atoms with E-state index < -0.39 is 5.60 Å². The van der Waals surface area contributed by atoms with Crippen molar-refractivity contribution >= 4 is 16.8 Å². The fourth-order valence-electron chi connectivity index (χ4n) is 3.62. The van der Waals surface area contributed by atoms with Crippen molar-refractivity contribution in [3.05, 3.63) is 72.1 Å². The third kappa shape index (κ3) is 4.56. The van der Waals surface area contributed by atoms with Crippen LogP contribution in [0.15, 0.2) is 55.1 Å². The van der Waals surface area contributed by atoms with Gasteiger partial charge in [-0.25, -0.2) is 4.39 Å². The number of pyridine rings is 1. The first-order chi connectivity index (χ1) is 14.7. The van der Waals surface area contributed by atoms with E-state index in [1.807, 2.05) is 29.9 Å². The summed E-state index contributed by atoms with van der Waals surface area (Å²) in [5.41, 5.74) is 3.07. The number of fused-ring (bicyclic) bond motifs is 1. The van der Waals surface area contributed by atoms with Gasteiger partial charge in [0.05, 0.1) is 34.9 Å². The van der Waals surface area contributed by atoms with Gasteiger partial charge in [0.25, 0.3) is 0 Å². The summed E-state index contributed by atoms with van der Waals surface area (Å²) in [6.07, 6.45) is 7.49. The number of hydrogen-bond acceptors (Lipinski definition) is 4. The van der Waals surface area contributed by atoms with Crippen molar-refractivity contribution < 1.29 is 14.3 Å². The number of nitrogens with zero attached hydrogens (tertiary/aromatic N) is 4. The molecule has 0 bridgehead atoms. The lowest BCUT2D eigenvalue weighted by Crippen LogP contribution is -2.19. The van der Waals surface area contributed by atoms with Gasteiger partial charge in [-0.15, -0.1) is 0 Å². The Balaban J connectivity index is 1.64. The van der Waals surface area contributed by atoms with Gasteiger partial charge in [-0.2, -0.15) is 5.10 Å². The Hall–Kier alpha value is -3.32. The molecule has 0 saturated carbocycles. The molecule has 0 aliphatic carbocycles. The molecule has 4 aromatic rings. The van der Waals surface area contributed by atoms with Crippen molar-refractivity contribution in [2.75, 3.05) is 0 Å². The number of aliphatic hydroxyl groups is 1. The molecule has 4 rings (SSSR count). The molecular weight excluding hydrogens is 395 g/mol. The number of rotatable bonds is 7. The van der Waals surface area contributed by atoms with E-state index in [1.165, 1.54) is 6.07 Å². The number of benzene rings is 1. The Kier molecular flexibility index (Phi) is 5.45. The van der Waals surface area contributed by atoms with E-state index in [2.05, 4.69) is 10.1 Å². The smallest absolute Gasteiger partial charge is 0.166 e. The maximum atomic E-state index is 14.9. The Bertz CT molecular complexity index is 1250. The number of aryl methyl sites for hydroxylation is 1. The molecule has 0 aliphatic heterocycles. The molecule has 0 fully saturated rings. The highest BCUT2D eigenvalue weighted by molar-refractivity contribution is 6.06. The van der Waals surface area contributed by atoms with Crippen LogP contribution in [0.4, 0.5) is 4.39 Å². The van der Waals surface area contributed by atoms with Crippen LogP contribution in [-0.2, 0) is 13.6 Å². The van der Waals surface area contributed by atoms with E-state index in [9.17, 15) is 14.3 Å². The Morgan fingerprint density at radius 1 is 1.19 bits per heavy atom. The predicted octanol–water partition coefficient (Wildman–Crippen LogP) is 4.36. The summed E-state index contributed by atoms with van der Waals surface area (Å²) in [6, 6.07) is 8.80. The second-order valence-corrected chi connectivity index (χ2v) is 8.49. The summed E-state index contributed by atoms with van der Waals surface area (Å²) in [6.45, 7) is 3.64. The van der Waals surface area contributed by atoms with Gasteiger partial charge in [-0.1, -0.05) is 12.1 Å². The summed E-state index contributed by atoms with van der Waals surface area (Å²) in [5.74, 6) is -0.404. The molecule has 0 aliphatic rings. The van der Waals surface area contributed by atoms with E-state index in [0.717, 1.165) is 16.6 Å². The van der Waals surface area contributed by atoms with Crippen LogP contribution in [-0.4, -0.2) is 35.8 Å². The Morgan fingerprint density at radius 3 is 2.68 bits per heavy atom. The maximum Gasteiger partial charge on any atom is 0.166 e. The average Bonchev–Trinajstić information content (AvgIpc) is 3.31. The van der Waals surface area contributed by atoms with Crippen molar-refractivity contribution in [3.8, 4) is 11.1 Å². The molecule has 0 saturated heterocycles. The molecule has 160 valence electrons. The maximum absolute atomic E-state index is 14.9. The zero-order chi connectivity index (χ0) is 22.2. The van der Waals surface area contributed by atoms with Crippen LogP contribution < -0.4 is 0 Å². The fourth-order valence-corrected chi connectivity index (χ4v) is 3.62. The van der Waals surface area contributed by atoms with Crippen molar-refractivity contribution in [1.29, 1.82) is 0 Å². The van der Waals surface area contributed by atoms with Crippen LogP contribution in [0.1, 0.15) is 42.6 Å². The van der Waals surface area contributed by atoms with Crippen molar-refractivity contribution in [2.24, 2.45) is 7.05 Å². The average molecular weight is 420 g/mol. The van der Waals surface area contributed by atoms with Gasteiger partial charge in [-0.3, -0.25) is 14.5 Å². The van der Waals surface area contributed by atoms with E-state index in [4.69, 9.17) is 0 Å². The molecule has 7 heteroatoms. The molecule has 3 aromatic heterocycles. The summed E-state index contributed by atoms with van der Waals surface area (Å²) in [5, 5.41) is 14.1. The summed E-state index contributed by atoms with van der Waals surface area (Å²) < 4.78 is 18.4. The molecule has 3 heterocycles. The summed E-state index contributed by atoms with van der Waals surface area (Å²) in [4.78, 5) is 17.2. The van der Waals surface area contributed by atoms with Gasteiger partial charge in [0, 0.05) is 43.2 Å². The predicted molar refractivity (Wildman–Crippen MR) is 117 cm³/mol. The van der Waals surface area contributed by atoms with Gasteiger partial charge < -0.3 is 9.67 Å². The first-order valence-corrected chi connectivity index (χ1v) is 10.2. The second kappa shape index (κ2) is 8.07. The zero-order valence-corrected chi connectivity index (χ0v) is 17.8. The van der Waals surface area contributed by atoms with Crippen LogP contribution in [0.2, 0.25) is 0 Å². The molecule has 6 nitrogen and oxygen atoms in total. The SMILES string of the molecule is Cn1cc(-c2ccc(Cn3cc(C(=O)CCC(C)(C)O)c4ncccc43)c(F)c2)cn1.